The molecule has 0 radical (unpaired) electrons. The first-order chi connectivity index (χ1) is 6.19. The van der Waals surface area contributed by atoms with Gasteiger partial charge in [-0.3, -0.25) is 0 Å². The predicted molar refractivity (Wildman–Crippen MR) is 45.9 cm³/mol. The molecular weight excluding hydrogens is 176 g/mol. The summed E-state index contributed by atoms with van der Waals surface area (Å²) >= 11 is 0. The molecule has 2 N–H and O–H groups in total. The van der Waals surface area contributed by atoms with Gasteiger partial charge in [-0.05, 0) is 18.2 Å². The maximum absolute atomic E-state index is 13.0. The molecule has 4 heteroatoms. The van der Waals surface area contributed by atoms with E-state index in [0.29, 0.717) is 5.75 Å². The molecule has 0 amide bonds. The molecule has 0 saturated heterocycles. The first kappa shape index (κ1) is 9.92. The van der Waals surface area contributed by atoms with Crippen LogP contribution in [0, 0.1) is 5.82 Å². The van der Waals surface area contributed by atoms with Crippen LogP contribution in [-0.2, 0) is 0 Å². The molecule has 1 atom stereocenters. The van der Waals surface area contributed by atoms with Gasteiger partial charge < -0.3 is 10.5 Å². The van der Waals surface area contributed by atoms with Crippen molar-refractivity contribution in [3.8, 4) is 5.75 Å². The standard InChI is InChI=1S/C9H11F2NO/c1-13-6-2-3-8(11)7(4-6)9(12)5-10/h2-4,9H,5,12H2,1H3/t9-/m1/s1. The molecule has 1 aromatic rings. The van der Waals surface area contributed by atoms with Crippen LogP contribution >= 0.6 is 0 Å². The van der Waals surface area contributed by atoms with E-state index in [9.17, 15) is 8.78 Å². The lowest BCUT2D eigenvalue weighted by molar-refractivity contribution is 0.404. The Labute approximate surface area is 75.3 Å². The van der Waals surface area contributed by atoms with Gasteiger partial charge in [-0.2, -0.15) is 0 Å². The number of nitrogens with two attached hydrogens (primary N) is 1. The van der Waals surface area contributed by atoms with Gasteiger partial charge in [0.25, 0.3) is 0 Å². The molecule has 0 aromatic heterocycles. The van der Waals surface area contributed by atoms with E-state index in [-0.39, 0.29) is 5.56 Å². The van der Waals surface area contributed by atoms with Gasteiger partial charge in [-0.15, -0.1) is 0 Å². The Morgan fingerprint density at radius 1 is 1.54 bits per heavy atom. The van der Waals surface area contributed by atoms with Crippen LogP contribution in [0.15, 0.2) is 18.2 Å². The third-order valence-electron chi connectivity index (χ3n) is 1.77. The molecule has 0 aliphatic carbocycles. The summed E-state index contributed by atoms with van der Waals surface area (Å²) in [5, 5.41) is 0. The van der Waals surface area contributed by atoms with Gasteiger partial charge in [0.2, 0.25) is 0 Å². The molecule has 13 heavy (non-hydrogen) atoms. The summed E-state index contributed by atoms with van der Waals surface area (Å²) in [6.07, 6.45) is 0. The van der Waals surface area contributed by atoms with Crippen molar-refractivity contribution in [2.45, 2.75) is 6.04 Å². The van der Waals surface area contributed by atoms with Crippen molar-refractivity contribution in [2.24, 2.45) is 5.73 Å². The van der Waals surface area contributed by atoms with Crippen LogP contribution in [0.5, 0.6) is 5.75 Å². The molecule has 0 aliphatic heterocycles. The molecule has 0 heterocycles. The van der Waals surface area contributed by atoms with E-state index in [2.05, 4.69) is 0 Å². The second kappa shape index (κ2) is 4.18. The Morgan fingerprint density at radius 2 is 2.23 bits per heavy atom. The number of benzene rings is 1. The molecule has 0 unspecified atom stereocenters. The zero-order valence-corrected chi connectivity index (χ0v) is 7.26. The van der Waals surface area contributed by atoms with Crippen LogP contribution < -0.4 is 10.5 Å². The van der Waals surface area contributed by atoms with Crippen LogP contribution in [0.3, 0.4) is 0 Å². The Balaban J connectivity index is 3.03. The minimum Gasteiger partial charge on any atom is -0.497 e. The number of rotatable bonds is 3. The molecule has 1 aromatic carbocycles. The van der Waals surface area contributed by atoms with Crippen molar-refractivity contribution in [1.29, 1.82) is 0 Å². The van der Waals surface area contributed by atoms with E-state index >= 15 is 0 Å². The fourth-order valence-corrected chi connectivity index (χ4v) is 1.02. The van der Waals surface area contributed by atoms with Crippen LogP contribution in [-0.4, -0.2) is 13.8 Å². The van der Waals surface area contributed by atoms with Crippen LogP contribution in [0.25, 0.3) is 0 Å². The van der Waals surface area contributed by atoms with E-state index in [1.807, 2.05) is 0 Å². The zero-order valence-electron chi connectivity index (χ0n) is 7.26. The number of hydrogen-bond acceptors (Lipinski definition) is 2. The monoisotopic (exact) mass is 187 g/mol. The van der Waals surface area contributed by atoms with Crippen molar-refractivity contribution in [2.75, 3.05) is 13.8 Å². The summed E-state index contributed by atoms with van der Waals surface area (Å²) in [7, 11) is 1.46. The highest BCUT2D eigenvalue weighted by molar-refractivity contribution is 5.31. The summed E-state index contributed by atoms with van der Waals surface area (Å²) in [4.78, 5) is 0. The summed E-state index contributed by atoms with van der Waals surface area (Å²) in [6.45, 7) is -0.788. The Hall–Kier alpha value is -1.16. The van der Waals surface area contributed by atoms with Gasteiger partial charge in [0.15, 0.2) is 0 Å². The Bertz CT molecular complexity index is 291. The van der Waals surface area contributed by atoms with Gasteiger partial charge in [0.1, 0.15) is 18.2 Å². The fourth-order valence-electron chi connectivity index (χ4n) is 1.02. The third-order valence-corrected chi connectivity index (χ3v) is 1.77. The predicted octanol–water partition coefficient (Wildman–Crippen LogP) is 1.80. The molecule has 1 rings (SSSR count). The SMILES string of the molecule is COc1ccc(F)c([C@H](N)CF)c1. The largest absolute Gasteiger partial charge is 0.497 e. The van der Waals surface area contributed by atoms with Crippen molar-refractivity contribution < 1.29 is 13.5 Å². The molecule has 0 spiro atoms. The summed E-state index contributed by atoms with van der Waals surface area (Å²) in [5.74, 6) is -0.0359. The molecule has 0 saturated carbocycles. The summed E-state index contributed by atoms with van der Waals surface area (Å²) < 4.78 is 30.1. The minimum absolute atomic E-state index is 0.141. The van der Waals surface area contributed by atoms with Crippen LogP contribution in [0.4, 0.5) is 8.78 Å². The van der Waals surface area contributed by atoms with Crippen molar-refractivity contribution in [1.82, 2.24) is 0 Å². The normalized spacial score (nSPS) is 12.6. The highest BCUT2D eigenvalue weighted by Crippen LogP contribution is 2.21. The number of ether oxygens (including phenoxy) is 1. The van der Waals surface area contributed by atoms with Gasteiger partial charge in [0, 0.05) is 5.56 Å². The van der Waals surface area contributed by atoms with E-state index in [1.54, 1.807) is 0 Å². The Kier molecular flexibility index (Phi) is 3.19. The number of alkyl halides is 1. The molecule has 0 aliphatic rings. The zero-order chi connectivity index (χ0) is 9.84. The second-order valence-corrected chi connectivity index (χ2v) is 2.65. The third kappa shape index (κ3) is 2.15. The van der Waals surface area contributed by atoms with Gasteiger partial charge in [0.05, 0.1) is 13.2 Å². The lowest BCUT2D eigenvalue weighted by Crippen LogP contribution is -2.14. The van der Waals surface area contributed by atoms with Crippen molar-refractivity contribution >= 4 is 0 Å². The van der Waals surface area contributed by atoms with Crippen molar-refractivity contribution in [3.05, 3.63) is 29.6 Å². The molecular formula is C9H11F2NO. The van der Waals surface area contributed by atoms with Gasteiger partial charge in [-0.1, -0.05) is 0 Å². The first-order valence-corrected chi connectivity index (χ1v) is 3.84. The Morgan fingerprint density at radius 3 is 2.77 bits per heavy atom. The maximum Gasteiger partial charge on any atom is 0.128 e. The number of hydrogen-bond donors (Lipinski definition) is 1. The van der Waals surface area contributed by atoms with Gasteiger partial charge in [-0.25, -0.2) is 8.78 Å². The lowest BCUT2D eigenvalue weighted by atomic mass is 10.1. The molecule has 72 valence electrons. The van der Waals surface area contributed by atoms with E-state index in [1.165, 1.54) is 25.3 Å². The lowest BCUT2D eigenvalue weighted by Gasteiger charge is -2.10. The average molecular weight is 187 g/mol. The topological polar surface area (TPSA) is 35.2 Å². The van der Waals surface area contributed by atoms with Crippen LogP contribution in [0.2, 0.25) is 0 Å². The maximum atomic E-state index is 13.0. The van der Waals surface area contributed by atoms with Crippen LogP contribution in [0.1, 0.15) is 11.6 Å². The molecule has 0 bridgehead atoms. The van der Waals surface area contributed by atoms with E-state index in [0.717, 1.165) is 0 Å². The molecule has 0 fully saturated rings. The number of halogens is 2. The highest BCUT2D eigenvalue weighted by Gasteiger charge is 2.11. The smallest absolute Gasteiger partial charge is 0.128 e. The average Bonchev–Trinajstić information content (AvgIpc) is 2.17. The fraction of sp³-hybridized carbons (Fsp3) is 0.333. The summed E-state index contributed by atoms with van der Waals surface area (Å²) in [6, 6.07) is 3.16. The van der Waals surface area contributed by atoms with E-state index < -0.39 is 18.5 Å². The van der Waals surface area contributed by atoms with Gasteiger partial charge >= 0.3 is 0 Å². The number of methoxy groups -OCH3 is 1. The molecule has 2 nitrogen and oxygen atoms in total. The summed E-state index contributed by atoms with van der Waals surface area (Å²) in [5.41, 5.74) is 5.49. The highest BCUT2D eigenvalue weighted by atomic mass is 19.1. The second-order valence-electron chi connectivity index (χ2n) is 2.65. The van der Waals surface area contributed by atoms with Crippen molar-refractivity contribution in [3.63, 3.8) is 0 Å². The van der Waals surface area contributed by atoms with E-state index in [4.69, 9.17) is 10.5 Å². The minimum atomic E-state index is -0.921. The quantitative estimate of drug-likeness (QED) is 0.783. The first-order valence-electron chi connectivity index (χ1n) is 3.84.